The lowest BCUT2D eigenvalue weighted by atomic mass is 10.0. The van der Waals surface area contributed by atoms with Crippen LogP contribution in [0.25, 0.3) is 0 Å². The van der Waals surface area contributed by atoms with Gasteiger partial charge >= 0.3 is 0 Å². The molecule has 0 unspecified atom stereocenters. The van der Waals surface area contributed by atoms with Crippen LogP contribution in [0, 0.1) is 0 Å². The van der Waals surface area contributed by atoms with Crippen molar-refractivity contribution >= 4 is 0 Å². The molecule has 1 nitrogen and oxygen atoms in total. The molecule has 0 aliphatic carbocycles. The second-order valence-electron chi connectivity index (χ2n) is 5.99. The molecule has 0 heterocycles. The maximum absolute atomic E-state index is 11.9. The number of halogens is 1. The molecule has 0 bridgehead atoms. The van der Waals surface area contributed by atoms with Crippen LogP contribution in [0.2, 0.25) is 0 Å². The Balaban J connectivity index is 2.89. The van der Waals surface area contributed by atoms with Crippen molar-refractivity contribution < 1.29 is 9.13 Å². The van der Waals surface area contributed by atoms with Gasteiger partial charge in [-0.15, -0.1) is 0 Å². The number of rotatable bonds is 17. The molecule has 20 heavy (non-hydrogen) atoms. The lowest BCUT2D eigenvalue weighted by Gasteiger charge is -2.03. The fourth-order valence-corrected chi connectivity index (χ4v) is 2.64. The molecule has 0 amide bonds. The number of unbranched alkanes of at least 4 members (excludes halogenated alkanes) is 14. The molecule has 0 atom stereocenters. The molecule has 0 saturated carbocycles. The van der Waals surface area contributed by atoms with E-state index in [1.807, 2.05) is 0 Å². The largest absolute Gasteiger partial charge is 0.385 e. The first-order chi connectivity index (χ1) is 9.91. The molecular weight excluding hydrogens is 251 g/mol. The van der Waals surface area contributed by atoms with Crippen LogP contribution in [0.5, 0.6) is 0 Å². The van der Waals surface area contributed by atoms with Crippen LogP contribution in [-0.4, -0.2) is 20.4 Å². The molecule has 0 aromatic rings. The van der Waals surface area contributed by atoms with Gasteiger partial charge in [0.05, 0.1) is 6.67 Å². The van der Waals surface area contributed by atoms with E-state index in [0.717, 1.165) is 19.4 Å². The van der Waals surface area contributed by atoms with Gasteiger partial charge in [-0.05, 0) is 12.8 Å². The summed E-state index contributed by atoms with van der Waals surface area (Å²) in [5, 5.41) is 0. The van der Waals surface area contributed by atoms with Crippen molar-refractivity contribution in [1.82, 2.24) is 0 Å². The van der Waals surface area contributed by atoms with E-state index in [-0.39, 0.29) is 6.67 Å². The van der Waals surface area contributed by atoms with Gasteiger partial charge in [-0.3, -0.25) is 4.39 Å². The molecule has 0 aliphatic rings. The normalized spacial score (nSPS) is 11.1. The van der Waals surface area contributed by atoms with Crippen LogP contribution in [0.3, 0.4) is 0 Å². The molecule has 0 aliphatic heterocycles. The first kappa shape index (κ1) is 19.9. The van der Waals surface area contributed by atoms with Crippen LogP contribution >= 0.6 is 0 Å². The Morgan fingerprint density at radius 1 is 0.500 bits per heavy atom. The minimum atomic E-state index is -0.133. The number of methoxy groups -OCH3 is 1. The average molecular weight is 288 g/mol. The Morgan fingerprint density at radius 2 is 0.800 bits per heavy atom. The predicted octanol–water partition coefficient (Wildman–Crippen LogP) is 6.45. The summed E-state index contributed by atoms with van der Waals surface area (Å²) in [5.74, 6) is 0. The summed E-state index contributed by atoms with van der Waals surface area (Å²) in [6, 6.07) is 0. The van der Waals surface area contributed by atoms with Gasteiger partial charge in [0.15, 0.2) is 0 Å². The molecule has 0 aromatic carbocycles. The highest BCUT2D eigenvalue weighted by Crippen LogP contribution is 2.13. The van der Waals surface area contributed by atoms with Gasteiger partial charge < -0.3 is 4.74 Å². The Labute approximate surface area is 126 Å². The quantitative estimate of drug-likeness (QED) is 0.279. The Hall–Kier alpha value is -0.110. The van der Waals surface area contributed by atoms with E-state index in [4.69, 9.17) is 4.74 Å². The minimum absolute atomic E-state index is 0.133. The molecule has 122 valence electrons. The highest BCUT2D eigenvalue weighted by atomic mass is 19.1. The first-order valence-electron chi connectivity index (χ1n) is 8.96. The second-order valence-corrected chi connectivity index (χ2v) is 5.99. The SMILES string of the molecule is COCCCCCCCCCCCCCCCCCF. The molecule has 0 fully saturated rings. The van der Waals surface area contributed by atoms with Crippen molar-refractivity contribution in [2.45, 2.75) is 96.3 Å². The number of alkyl halides is 1. The summed E-state index contributed by atoms with van der Waals surface area (Å²) in [6.07, 6.45) is 19.5. The van der Waals surface area contributed by atoms with Crippen molar-refractivity contribution in [3.63, 3.8) is 0 Å². The van der Waals surface area contributed by atoms with Gasteiger partial charge in [0.2, 0.25) is 0 Å². The summed E-state index contributed by atoms with van der Waals surface area (Å²) in [4.78, 5) is 0. The Bertz CT molecular complexity index is 143. The van der Waals surface area contributed by atoms with Gasteiger partial charge in [0, 0.05) is 13.7 Å². The maximum atomic E-state index is 11.9. The van der Waals surface area contributed by atoms with Gasteiger partial charge in [-0.25, -0.2) is 0 Å². The fourth-order valence-electron chi connectivity index (χ4n) is 2.64. The summed E-state index contributed by atoms with van der Waals surface area (Å²) in [7, 11) is 1.78. The van der Waals surface area contributed by atoms with Crippen LogP contribution < -0.4 is 0 Å². The molecule has 0 radical (unpaired) electrons. The highest BCUT2D eigenvalue weighted by Gasteiger charge is 1.94. The zero-order chi connectivity index (χ0) is 14.7. The predicted molar refractivity (Wildman–Crippen MR) is 87.1 cm³/mol. The number of ether oxygens (including phenoxy) is 1. The van der Waals surface area contributed by atoms with E-state index >= 15 is 0 Å². The zero-order valence-corrected chi connectivity index (χ0v) is 13.8. The second kappa shape index (κ2) is 18.9. The van der Waals surface area contributed by atoms with Crippen LogP contribution in [-0.2, 0) is 4.74 Å². The van der Waals surface area contributed by atoms with Crippen molar-refractivity contribution in [1.29, 1.82) is 0 Å². The first-order valence-corrected chi connectivity index (χ1v) is 8.96. The fraction of sp³-hybridized carbons (Fsp3) is 1.00. The average Bonchev–Trinajstić information content (AvgIpc) is 2.47. The third-order valence-electron chi connectivity index (χ3n) is 3.98. The smallest absolute Gasteiger partial charge is 0.0894 e. The summed E-state index contributed by atoms with van der Waals surface area (Å²) in [5.41, 5.74) is 0. The van der Waals surface area contributed by atoms with E-state index in [9.17, 15) is 4.39 Å². The third kappa shape index (κ3) is 17.9. The van der Waals surface area contributed by atoms with Gasteiger partial charge in [-0.1, -0.05) is 83.5 Å². The molecule has 0 N–H and O–H groups in total. The van der Waals surface area contributed by atoms with E-state index in [1.54, 1.807) is 7.11 Å². The van der Waals surface area contributed by atoms with Crippen molar-refractivity contribution in [2.24, 2.45) is 0 Å². The molecule has 0 rings (SSSR count). The summed E-state index contributed by atoms with van der Waals surface area (Å²) in [6.45, 7) is 0.792. The molecular formula is C18H37FO. The Morgan fingerprint density at radius 3 is 1.10 bits per heavy atom. The monoisotopic (exact) mass is 288 g/mol. The molecule has 0 saturated heterocycles. The molecule has 0 spiro atoms. The lowest BCUT2D eigenvalue weighted by Crippen LogP contribution is -1.88. The van der Waals surface area contributed by atoms with Gasteiger partial charge in [0.1, 0.15) is 0 Å². The van der Waals surface area contributed by atoms with E-state index in [2.05, 4.69) is 0 Å². The van der Waals surface area contributed by atoms with Crippen LogP contribution in [0.4, 0.5) is 4.39 Å². The topological polar surface area (TPSA) is 9.23 Å². The number of hydrogen-bond acceptors (Lipinski definition) is 1. The summed E-state index contributed by atoms with van der Waals surface area (Å²) >= 11 is 0. The van der Waals surface area contributed by atoms with Crippen LogP contribution in [0.1, 0.15) is 96.3 Å². The van der Waals surface area contributed by atoms with E-state index in [1.165, 1.54) is 83.5 Å². The van der Waals surface area contributed by atoms with E-state index in [0.29, 0.717) is 0 Å². The standard InChI is InChI=1S/C18H37FO/c1-20-18-16-14-12-10-8-6-4-2-3-5-7-9-11-13-15-17-19/h2-18H2,1H3. The maximum Gasteiger partial charge on any atom is 0.0894 e. The van der Waals surface area contributed by atoms with Gasteiger partial charge in [-0.2, -0.15) is 0 Å². The minimum Gasteiger partial charge on any atom is -0.385 e. The van der Waals surface area contributed by atoms with Crippen LogP contribution in [0.15, 0.2) is 0 Å². The van der Waals surface area contributed by atoms with Crippen molar-refractivity contribution in [3.05, 3.63) is 0 Å². The zero-order valence-electron chi connectivity index (χ0n) is 13.8. The number of hydrogen-bond donors (Lipinski definition) is 0. The molecule has 2 heteroatoms. The summed E-state index contributed by atoms with van der Waals surface area (Å²) < 4.78 is 16.9. The molecule has 0 aromatic heterocycles. The van der Waals surface area contributed by atoms with Crippen molar-refractivity contribution in [3.8, 4) is 0 Å². The van der Waals surface area contributed by atoms with E-state index < -0.39 is 0 Å². The van der Waals surface area contributed by atoms with Crippen molar-refractivity contribution in [2.75, 3.05) is 20.4 Å². The third-order valence-corrected chi connectivity index (χ3v) is 3.98. The Kier molecular flexibility index (Phi) is 18.8. The lowest BCUT2D eigenvalue weighted by molar-refractivity contribution is 0.192. The highest BCUT2D eigenvalue weighted by molar-refractivity contribution is 4.49. The van der Waals surface area contributed by atoms with Gasteiger partial charge in [0.25, 0.3) is 0 Å².